The second-order valence-electron chi connectivity index (χ2n) is 10.9. The Morgan fingerprint density at radius 1 is 1.12 bits per heavy atom. The molecule has 4 N–H and O–H groups in total. The van der Waals surface area contributed by atoms with E-state index in [0.29, 0.717) is 11.4 Å². The molecule has 11 nitrogen and oxygen atoms in total. The topological polar surface area (TPSA) is 155 Å². The predicted molar refractivity (Wildman–Crippen MR) is 162 cm³/mol. The van der Waals surface area contributed by atoms with Crippen LogP contribution in [-0.4, -0.2) is 77.6 Å². The molecule has 12 heteroatoms. The van der Waals surface area contributed by atoms with Gasteiger partial charge in [0.1, 0.15) is 0 Å². The lowest BCUT2D eigenvalue weighted by Crippen LogP contribution is -2.53. The number of rotatable bonds is 14. The summed E-state index contributed by atoms with van der Waals surface area (Å²) in [5.41, 5.74) is 7.69. The molecule has 1 fully saturated rings. The third-order valence-electron chi connectivity index (χ3n) is 7.47. The van der Waals surface area contributed by atoms with Gasteiger partial charge in [-0.15, -0.1) is 0 Å². The van der Waals surface area contributed by atoms with E-state index in [1.807, 2.05) is 50.2 Å². The molecule has 1 aliphatic rings. The fraction of sp³-hybridized carbons (Fsp3) is 0.387. The Kier molecular flexibility index (Phi) is 10.7. The van der Waals surface area contributed by atoms with E-state index in [1.165, 1.54) is 33.5 Å². The molecule has 4 atom stereocenters. The summed E-state index contributed by atoms with van der Waals surface area (Å²) in [4.78, 5) is 31.6. The van der Waals surface area contributed by atoms with Crippen LogP contribution in [0.15, 0.2) is 83.9 Å². The van der Waals surface area contributed by atoms with Crippen molar-refractivity contribution in [3.05, 3.63) is 90.3 Å². The predicted octanol–water partition coefficient (Wildman–Crippen LogP) is 2.81. The number of cyclic esters (lactones) is 1. The zero-order chi connectivity index (χ0) is 31.0. The molecule has 230 valence electrons. The zero-order valence-electron chi connectivity index (χ0n) is 24.4. The molecule has 1 aromatic heterocycles. The first-order valence-electron chi connectivity index (χ1n) is 14.3. The first-order valence-corrected chi connectivity index (χ1v) is 15.7. The van der Waals surface area contributed by atoms with E-state index in [9.17, 15) is 23.1 Å². The van der Waals surface area contributed by atoms with Gasteiger partial charge in [-0.2, -0.15) is 4.31 Å². The lowest BCUT2D eigenvalue weighted by atomic mass is 10.0. The largest absolute Gasteiger partial charge is 0.434 e. The third-order valence-corrected chi connectivity index (χ3v) is 9.32. The van der Waals surface area contributed by atoms with Gasteiger partial charge in [0.25, 0.3) is 5.91 Å². The minimum absolute atomic E-state index is 0.0147. The molecular formula is C31H39N5O6S. The molecule has 3 aromatic rings. The summed E-state index contributed by atoms with van der Waals surface area (Å²) in [6.07, 6.45) is -0.439. The Balaban J connectivity index is 1.53. The summed E-state index contributed by atoms with van der Waals surface area (Å²) in [6.45, 7) is 4.02. The van der Waals surface area contributed by atoms with Crippen LogP contribution in [0.5, 0.6) is 0 Å². The fourth-order valence-corrected chi connectivity index (χ4v) is 6.34. The van der Waals surface area contributed by atoms with Gasteiger partial charge in [0.05, 0.1) is 35.8 Å². The SMILES string of the molecule is CC[C@@H](C)CN(C[C@@H](O)C(Cc1ccccc1)NC(=O)C1CN(Cc2ccccn2)C(=O)O1)S(=O)(=O)c1ccc(N)cc1. The summed E-state index contributed by atoms with van der Waals surface area (Å²) in [6, 6.07) is 19.6. The molecule has 2 unspecified atom stereocenters. The van der Waals surface area contributed by atoms with Gasteiger partial charge in [-0.25, -0.2) is 13.2 Å². The molecule has 2 amide bonds. The second-order valence-corrected chi connectivity index (χ2v) is 12.8. The Morgan fingerprint density at radius 2 is 1.81 bits per heavy atom. The van der Waals surface area contributed by atoms with Crippen LogP contribution >= 0.6 is 0 Å². The van der Waals surface area contributed by atoms with Gasteiger partial charge in [-0.1, -0.05) is 56.7 Å². The summed E-state index contributed by atoms with van der Waals surface area (Å²) in [7, 11) is -3.99. The van der Waals surface area contributed by atoms with Crippen LogP contribution < -0.4 is 11.1 Å². The number of carbonyl (C=O) groups excluding carboxylic acids is 2. The van der Waals surface area contributed by atoms with Crippen LogP contribution in [0.3, 0.4) is 0 Å². The van der Waals surface area contributed by atoms with Crippen molar-refractivity contribution in [3.8, 4) is 0 Å². The molecule has 2 aromatic carbocycles. The molecular weight excluding hydrogens is 570 g/mol. The van der Waals surface area contributed by atoms with Crippen molar-refractivity contribution in [1.29, 1.82) is 0 Å². The average Bonchev–Trinajstić information content (AvgIpc) is 3.37. The number of nitrogen functional groups attached to an aromatic ring is 1. The summed E-state index contributed by atoms with van der Waals surface area (Å²) >= 11 is 0. The summed E-state index contributed by atoms with van der Waals surface area (Å²) in [5, 5.41) is 14.3. The number of nitrogens with one attached hydrogen (secondary N) is 1. The molecule has 1 saturated heterocycles. The van der Waals surface area contributed by atoms with Crippen LogP contribution in [0.4, 0.5) is 10.5 Å². The lowest BCUT2D eigenvalue weighted by molar-refractivity contribution is -0.129. The molecule has 0 radical (unpaired) electrons. The molecule has 0 spiro atoms. The number of hydrogen-bond donors (Lipinski definition) is 3. The van der Waals surface area contributed by atoms with E-state index in [4.69, 9.17) is 10.5 Å². The molecule has 0 saturated carbocycles. The van der Waals surface area contributed by atoms with Gasteiger partial charge in [0, 0.05) is 25.0 Å². The van der Waals surface area contributed by atoms with Crippen molar-refractivity contribution in [2.45, 2.75) is 56.4 Å². The second kappa shape index (κ2) is 14.5. The number of benzene rings is 2. The normalized spacial score (nSPS) is 17.3. The first kappa shape index (κ1) is 31.9. The average molecular weight is 610 g/mol. The number of hydrogen-bond acceptors (Lipinski definition) is 8. The molecule has 0 bridgehead atoms. The maximum absolute atomic E-state index is 13.7. The smallest absolute Gasteiger partial charge is 0.411 e. The number of nitrogens with two attached hydrogens (primary N) is 1. The molecule has 1 aliphatic heterocycles. The highest BCUT2D eigenvalue weighted by atomic mass is 32.2. The van der Waals surface area contributed by atoms with Crippen molar-refractivity contribution in [3.63, 3.8) is 0 Å². The maximum Gasteiger partial charge on any atom is 0.411 e. The molecule has 4 rings (SSSR count). The van der Waals surface area contributed by atoms with E-state index < -0.39 is 40.3 Å². The highest BCUT2D eigenvalue weighted by molar-refractivity contribution is 7.89. The van der Waals surface area contributed by atoms with E-state index in [2.05, 4.69) is 10.3 Å². The number of ether oxygens (including phenoxy) is 1. The van der Waals surface area contributed by atoms with Crippen molar-refractivity contribution >= 4 is 27.7 Å². The van der Waals surface area contributed by atoms with Gasteiger partial charge in [0.15, 0.2) is 6.10 Å². The van der Waals surface area contributed by atoms with Gasteiger partial charge in [0.2, 0.25) is 10.0 Å². The van der Waals surface area contributed by atoms with Gasteiger partial charge < -0.3 is 20.9 Å². The lowest BCUT2D eigenvalue weighted by Gasteiger charge is -2.31. The van der Waals surface area contributed by atoms with E-state index >= 15 is 0 Å². The van der Waals surface area contributed by atoms with Crippen LogP contribution in [0.25, 0.3) is 0 Å². The molecule has 0 aliphatic carbocycles. The van der Waals surface area contributed by atoms with Gasteiger partial charge in [-0.3, -0.25) is 14.7 Å². The number of aliphatic hydroxyl groups is 1. The Labute approximate surface area is 252 Å². The number of pyridine rings is 1. The van der Waals surface area contributed by atoms with Gasteiger partial charge >= 0.3 is 6.09 Å². The minimum Gasteiger partial charge on any atom is -0.434 e. The third kappa shape index (κ3) is 8.53. The Morgan fingerprint density at radius 3 is 2.47 bits per heavy atom. The van der Waals surface area contributed by atoms with E-state index in [-0.39, 0.29) is 43.4 Å². The quantitative estimate of drug-likeness (QED) is 0.236. The molecule has 2 heterocycles. The van der Waals surface area contributed by atoms with Crippen molar-refractivity contribution in [2.24, 2.45) is 5.92 Å². The number of aromatic nitrogens is 1. The van der Waals surface area contributed by atoms with Crippen LogP contribution in [-0.2, 0) is 32.5 Å². The van der Waals surface area contributed by atoms with Crippen LogP contribution in [0.1, 0.15) is 31.5 Å². The highest BCUT2D eigenvalue weighted by Crippen LogP contribution is 2.22. The summed E-state index contributed by atoms with van der Waals surface area (Å²) in [5.74, 6) is -0.562. The van der Waals surface area contributed by atoms with E-state index in [1.54, 1.807) is 18.3 Å². The number of sulfonamides is 1. The number of aliphatic hydroxyl groups excluding tert-OH is 1. The monoisotopic (exact) mass is 609 g/mol. The zero-order valence-corrected chi connectivity index (χ0v) is 25.2. The number of anilines is 1. The highest BCUT2D eigenvalue weighted by Gasteiger charge is 2.38. The Bertz CT molecular complexity index is 1460. The van der Waals surface area contributed by atoms with Crippen molar-refractivity contribution in [1.82, 2.24) is 19.5 Å². The fourth-order valence-electron chi connectivity index (χ4n) is 4.76. The number of carbonyl (C=O) groups is 2. The van der Waals surface area contributed by atoms with Crippen molar-refractivity contribution < 1.29 is 27.9 Å². The minimum atomic E-state index is -3.99. The first-order chi connectivity index (χ1) is 20.6. The van der Waals surface area contributed by atoms with E-state index in [0.717, 1.165) is 12.0 Å². The van der Waals surface area contributed by atoms with Crippen molar-refractivity contribution in [2.75, 3.05) is 25.4 Å². The Hall–Kier alpha value is -4.00. The number of amides is 2. The summed E-state index contributed by atoms with van der Waals surface area (Å²) < 4.78 is 34.0. The number of nitrogens with zero attached hydrogens (tertiary/aromatic N) is 3. The van der Waals surface area contributed by atoms with Crippen LogP contribution in [0.2, 0.25) is 0 Å². The molecule has 43 heavy (non-hydrogen) atoms. The standard InChI is InChI=1S/C31H39N5O6S/c1-3-22(2)18-36(43(40,41)26-14-12-24(32)13-15-26)20-28(37)27(17-23-9-5-4-6-10-23)34-30(38)29-21-35(31(39)42-29)19-25-11-7-8-16-33-25/h4-16,22,27-29,37H,3,17-21,32H2,1-2H3,(H,34,38)/t22-,27?,28-,29?/m1/s1. The van der Waals surface area contributed by atoms with Crippen LogP contribution in [0, 0.1) is 5.92 Å². The maximum atomic E-state index is 13.7. The van der Waals surface area contributed by atoms with Gasteiger partial charge in [-0.05, 0) is 54.3 Å².